The Balaban J connectivity index is 2.69. The first kappa shape index (κ1) is 12.7. The lowest BCUT2D eigenvalue weighted by Gasteiger charge is -2.12. The smallest absolute Gasteiger partial charge is 0.326 e. The second kappa shape index (κ2) is 5.65. The van der Waals surface area contributed by atoms with Gasteiger partial charge >= 0.3 is 5.97 Å². The van der Waals surface area contributed by atoms with Crippen LogP contribution < -0.4 is 5.32 Å². The maximum Gasteiger partial charge on any atom is 0.326 e. The minimum absolute atomic E-state index is 0.298. The van der Waals surface area contributed by atoms with Gasteiger partial charge in [-0.25, -0.2) is 4.79 Å². The van der Waals surface area contributed by atoms with Gasteiger partial charge in [0.2, 0.25) is 0 Å². The third-order valence-corrected chi connectivity index (χ3v) is 3.26. The summed E-state index contributed by atoms with van der Waals surface area (Å²) in [6.07, 6.45) is 1.17. The zero-order valence-corrected chi connectivity index (χ0v) is 10.1. The molecule has 4 nitrogen and oxygen atoms in total. The molecule has 0 radical (unpaired) electrons. The molecule has 0 spiro atoms. The summed E-state index contributed by atoms with van der Waals surface area (Å²) in [5, 5.41) is 13.3. The number of aliphatic carboxylic acids is 1. The lowest BCUT2D eigenvalue weighted by molar-refractivity contribution is -0.139. The molecule has 0 unspecified atom stereocenters. The van der Waals surface area contributed by atoms with Crippen LogP contribution in [0.3, 0.4) is 0 Å². The number of carboxylic acids is 1. The largest absolute Gasteiger partial charge is 0.480 e. The van der Waals surface area contributed by atoms with Crippen LogP contribution in [-0.2, 0) is 4.79 Å². The van der Waals surface area contributed by atoms with Crippen LogP contribution in [0.1, 0.15) is 35.0 Å². The van der Waals surface area contributed by atoms with E-state index in [4.69, 9.17) is 5.11 Å². The van der Waals surface area contributed by atoms with Crippen LogP contribution in [-0.4, -0.2) is 23.0 Å². The molecule has 0 saturated carbocycles. The highest BCUT2D eigenvalue weighted by Crippen LogP contribution is 2.15. The third-order valence-electron chi connectivity index (χ3n) is 2.25. The molecular formula is C11H15NO3S. The Bertz CT molecular complexity index is 386. The number of hydrogen-bond donors (Lipinski definition) is 2. The number of rotatable bonds is 5. The average Bonchev–Trinajstić information content (AvgIpc) is 2.63. The highest BCUT2D eigenvalue weighted by atomic mass is 32.1. The van der Waals surface area contributed by atoms with E-state index in [9.17, 15) is 9.59 Å². The van der Waals surface area contributed by atoms with Gasteiger partial charge in [-0.05, 0) is 30.4 Å². The predicted octanol–water partition coefficient (Wildman–Crippen LogP) is 2.04. The fourth-order valence-corrected chi connectivity index (χ4v) is 2.20. The molecular weight excluding hydrogens is 226 g/mol. The number of carbonyl (C=O) groups is 2. The van der Waals surface area contributed by atoms with Crippen molar-refractivity contribution < 1.29 is 14.7 Å². The van der Waals surface area contributed by atoms with E-state index >= 15 is 0 Å². The predicted molar refractivity (Wildman–Crippen MR) is 62.9 cm³/mol. The second-order valence-electron chi connectivity index (χ2n) is 3.59. The fourth-order valence-electron chi connectivity index (χ4n) is 1.38. The summed E-state index contributed by atoms with van der Waals surface area (Å²) >= 11 is 1.32. The summed E-state index contributed by atoms with van der Waals surface area (Å²) in [5.41, 5.74) is 0.878. The lowest BCUT2D eigenvalue weighted by atomic mass is 10.1. The molecule has 1 heterocycles. The van der Waals surface area contributed by atoms with Gasteiger partial charge in [-0.3, -0.25) is 4.79 Å². The van der Waals surface area contributed by atoms with Crippen molar-refractivity contribution in [3.05, 3.63) is 21.9 Å². The number of nitrogens with one attached hydrogen (secondary N) is 1. The number of carbonyl (C=O) groups excluding carboxylic acids is 1. The van der Waals surface area contributed by atoms with Crippen LogP contribution in [0.25, 0.3) is 0 Å². The SMILES string of the molecule is CCC[C@H](NC(=O)c1sccc1C)C(=O)O. The quantitative estimate of drug-likeness (QED) is 0.829. The molecule has 0 aliphatic rings. The molecule has 1 aromatic heterocycles. The van der Waals surface area contributed by atoms with Gasteiger partial charge < -0.3 is 10.4 Å². The number of thiophene rings is 1. The summed E-state index contributed by atoms with van der Waals surface area (Å²) in [6, 6.07) is 1.05. The highest BCUT2D eigenvalue weighted by Gasteiger charge is 2.20. The minimum atomic E-state index is -0.982. The van der Waals surface area contributed by atoms with Crippen molar-refractivity contribution in [3.8, 4) is 0 Å². The van der Waals surface area contributed by atoms with Crippen LogP contribution in [0, 0.1) is 6.92 Å². The Morgan fingerprint density at radius 2 is 2.25 bits per heavy atom. The van der Waals surface area contributed by atoms with Crippen molar-refractivity contribution in [1.29, 1.82) is 0 Å². The van der Waals surface area contributed by atoms with Crippen molar-refractivity contribution >= 4 is 23.2 Å². The van der Waals surface area contributed by atoms with E-state index in [1.54, 1.807) is 0 Å². The Labute approximate surface area is 98.3 Å². The first-order chi connectivity index (χ1) is 7.56. The topological polar surface area (TPSA) is 66.4 Å². The highest BCUT2D eigenvalue weighted by molar-refractivity contribution is 7.12. The maximum absolute atomic E-state index is 11.8. The van der Waals surface area contributed by atoms with Gasteiger partial charge in [-0.1, -0.05) is 13.3 Å². The summed E-state index contributed by atoms with van der Waals surface area (Å²) in [6.45, 7) is 3.72. The molecule has 5 heteroatoms. The van der Waals surface area contributed by atoms with Crippen molar-refractivity contribution in [3.63, 3.8) is 0 Å². The number of amides is 1. The Kier molecular flexibility index (Phi) is 4.49. The van der Waals surface area contributed by atoms with E-state index in [1.165, 1.54) is 11.3 Å². The Morgan fingerprint density at radius 3 is 2.69 bits per heavy atom. The monoisotopic (exact) mass is 241 g/mol. The Hall–Kier alpha value is -1.36. The molecule has 1 aromatic rings. The van der Waals surface area contributed by atoms with Crippen LogP contribution in [0.5, 0.6) is 0 Å². The van der Waals surface area contributed by atoms with Gasteiger partial charge in [-0.15, -0.1) is 11.3 Å². The molecule has 2 N–H and O–H groups in total. The van der Waals surface area contributed by atoms with E-state index < -0.39 is 12.0 Å². The van der Waals surface area contributed by atoms with Crippen molar-refractivity contribution in [2.24, 2.45) is 0 Å². The molecule has 0 saturated heterocycles. The molecule has 1 atom stereocenters. The van der Waals surface area contributed by atoms with Gasteiger partial charge in [0, 0.05) is 0 Å². The first-order valence-corrected chi connectivity index (χ1v) is 6.02. The zero-order chi connectivity index (χ0) is 12.1. The standard InChI is InChI=1S/C11H15NO3S/c1-3-4-8(11(14)15)12-10(13)9-7(2)5-6-16-9/h5-6,8H,3-4H2,1-2H3,(H,12,13)(H,14,15)/t8-/m0/s1. The molecule has 0 aliphatic carbocycles. The molecule has 88 valence electrons. The van der Waals surface area contributed by atoms with Gasteiger partial charge in [-0.2, -0.15) is 0 Å². The normalized spacial score (nSPS) is 12.1. The van der Waals surface area contributed by atoms with Gasteiger partial charge in [0.05, 0.1) is 4.88 Å². The average molecular weight is 241 g/mol. The molecule has 0 fully saturated rings. The first-order valence-electron chi connectivity index (χ1n) is 5.14. The summed E-state index contributed by atoms with van der Waals surface area (Å²) < 4.78 is 0. The molecule has 16 heavy (non-hydrogen) atoms. The second-order valence-corrected chi connectivity index (χ2v) is 4.50. The molecule has 0 aromatic carbocycles. The third kappa shape index (κ3) is 3.06. The summed E-state index contributed by atoms with van der Waals surface area (Å²) in [7, 11) is 0. The molecule has 1 rings (SSSR count). The Morgan fingerprint density at radius 1 is 1.56 bits per heavy atom. The zero-order valence-electron chi connectivity index (χ0n) is 9.32. The summed E-state index contributed by atoms with van der Waals surface area (Å²) in [5.74, 6) is -1.28. The maximum atomic E-state index is 11.8. The van der Waals surface area contributed by atoms with E-state index in [0.29, 0.717) is 11.3 Å². The number of aryl methyl sites for hydroxylation is 1. The molecule has 0 bridgehead atoms. The van der Waals surface area contributed by atoms with E-state index in [1.807, 2.05) is 25.3 Å². The lowest BCUT2D eigenvalue weighted by Crippen LogP contribution is -2.40. The number of carboxylic acid groups (broad SMARTS) is 1. The fraction of sp³-hybridized carbons (Fsp3) is 0.455. The van der Waals surface area contributed by atoms with Crippen molar-refractivity contribution in [2.75, 3.05) is 0 Å². The minimum Gasteiger partial charge on any atom is -0.480 e. The summed E-state index contributed by atoms with van der Waals surface area (Å²) in [4.78, 5) is 23.2. The van der Waals surface area contributed by atoms with E-state index in [-0.39, 0.29) is 5.91 Å². The van der Waals surface area contributed by atoms with Crippen LogP contribution >= 0.6 is 11.3 Å². The van der Waals surface area contributed by atoms with Gasteiger partial charge in [0.1, 0.15) is 6.04 Å². The van der Waals surface area contributed by atoms with Crippen LogP contribution in [0.15, 0.2) is 11.4 Å². The van der Waals surface area contributed by atoms with E-state index in [2.05, 4.69) is 5.32 Å². The number of hydrogen-bond acceptors (Lipinski definition) is 3. The van der Waals surface area contributed by atoms with Gasteiger partial charge in [0.25, 0.3) is 5.91 Å². The van der Waals surface area contributed by atoms with Crippen molar-refractivity contribution in [2.45, 2.75) is 32.7 Å². The van der Waals surface area contributed by atoms with Gasteiger partial charge in [0.15, 0.2) is 0 Å². The van der Waals surface area contributed by atoms with Crippen molar-refractivity contribution in [1.82, 2.24) is 5.32 Å². The molecule has 1 amide bonds. The van der Waals surface area contributed by atoms with Crippen LogP contribution in [0.4, 0.5) is 0 Å². The molecule has 0 aliphatic heterocycles. The van der Waals surface area contributed by atoms with Crippen LogP contribution in [0.2, 0.25) is 0 Å². The van der Waals surface area contributed by atoms with E-state index in [0.717, 1.165) is 12.0 Å².